The maximum Gasteiger partial charge on any atom is 0.325 e. The van der Waals surface area contributed by atoms with Gasteiger partial charge in [0.1, 0.15) is 17.7 Å². The fourth-order valence-corrected chi connectivity index (χ4v) is 1.49. The molecule has 8 heteroatoms. The van der Waals surface area contributed by atoms with Crippen LogP contribution in [0.4, 0.5) is 11.4 Å². The molecular formula is C13H13ClN4O3. The van der Waals surface area contributed by atoms with Crippen molar-refractivity contribution >= 4 is 34.9 Å². The smallest absolute Gasteiger partial charge is 0.325 e. The number of aliphatic carboxylic acids is 1. The standard InChI is InChI=1S/C13H13ClN4O3/c1-7(13(20)21)17-6-8(5-15)12(19)18-11-3-2-9(16)4-10(11)14/h2-4,6-7,17H,16H2,1H3,(H,18,19)(H,20,21)/b8-6-. The van der Waals surface area contributed by atoms with Gasteiger partial charge in [-0.3, -0.25) is 9.59 Å². The van der Waals surface area contributed by atoms with Crippen molar-refractivity contribution in [2.45, 2.75) is 13.0 Å². The number of nitrogens with zero attached hydrogens (tertiary/aromatic N) is 1. The number of hydrogen-bond acceptors (Lipinski definition) is 5. The maximum absolute atomic E-state index is 11.9. The lowest BCUT2D eigenvalue weighted by Crippen LogP contribution is -2.30. The molecule has 0 fully saturated rings. The molecule has 0 aliphatic heterocycles. The van der Waals surface area contributed by atoms with Crippen LogP contribution in [0.2, 0.25) is 5.02 Å². The number of nitrogens with one attached hydrogen (secondary N) is 2. The molecule has 1 rings (SSSR count). The average molecular weight is 309 g/mol. The van der Waals surface area contributed by atoms with Gasteiger partial charge < -0.3 is 21.5 Å². The molecule has 1 aromatic carbocycles. The van der Waals surface area contributed by atoms with E-state index in [1.54, 1.807) is 12.1 Å². The highest BCUT2D eigenvalue weighted by atomic mass is 35.5. The molecule has 0 aromatic heterocycles. The summed E-state index contributed by atoms with van der Waals surface area (Å²) in [6.07, 6.45) is 1.04. The fourth-order valence-electron chi connectivity index (χ4n) is 1.25. The largest absolute Gasteiger partial charge is 0.480 e. The molecule has 1 amide bonds. The van der Waals surface area contributed by atoms with Gasteiger partial charge in [0.05, 0.1) is 10.7 Å². The molecule has 0 radical (unpaired) electrons. The van der Waals surface area contributed by atoms with E-state index in [-0.39, 0.29) is 10.6 Å². The summed E-state index contributed by atoms with van der Waals surface area (Å²) in [6, 6.07) is 5.24. The number of carbonyl (C=O) groups excluding carboxylic acids is 1. The number of rotatable bonds is 5. The fraction of sp³-hybridized carbons (Fsp3) is 0.154. The molecule has 0 spiro atoms. The Hall–Kier alpha value is -2.72. The van der Waals surface area contributed by atoms with Crippen molar-refractivity contribution in [2.24, 2.45) is 0 Å². The zero-order valence-electron chi connectivity index (χ0n) is 11.1. The Morgan fingerprint density at radius 2 is 2.19 bits per heavy atom. The number of carboxylic acid groups (broad SMARTS) is 1. The number of nitrogens with two attached hydrogens (primary N) is 1. The summed E-state index contributed by atoms with van der Waals surface area (Å²) in [5.74, 6) is -1.82. The second-order valence-corrected chi connectivity index (χ2v) is 4.50. The van der Waals surface area contributed by atoms with Gasteiger partial charge in [0, 0.05) is 11.9 Å². The molecule has 0 aliphatic rings. The van der Waals surface area contributed by atoms with Gasteiger partial charge in [-0.2, -0.15) is 5.26 Å². The van der Waals surface area contributed by atoms with Crippen LogP contribution in [0.1, 0.15) is 6.92 Å². The first-order valence-electron chi connectivity index (χ1n) is 5.80. The first-order chi connectivity index (χ1) is 9.85. The zero-order chi connectivity index (χ0) is 16.0. The van der Waals surface area contributed by atoms with Crippen LogP contribution >= 0.6 is 11.6 Å². The van der Waals surface area contributed by atoms with Crippen LogP contribution in [0, 0.1) is 11.3 Å². The van der Waals surface area contributed by atoms with Crippen molar-refractivity contribution in [3.05, 3.63) is 35.0 Å². The summed E-state index contributed by atoms with van der Waals surface area (Å²) in [5.41, 5.74) is 5.98. The van der Waals surface area contributed by atoms with E-state index in [4.69, 9.17) is 27.7 Å². The van der Waals surface area contributed by atoms with E-state index >= 15 is 0 Å². The minimum atomic E-state index is -1.11. The van der Waals surface area contributed by atoms with Crippen molar-refractivity contribution in [1.29, 1.82) is 5.26 Å². The average Bonchev–Trinajstić information content (AvgIpc) is 2.42. The molecular weight excluding hydrogens is 296 g/mol. The first kappa shape index (κ1) is 16.3. The van der Waals surface area contributed by atoms with Crippen LogP contribution < -0.4 is 16.4 Å². The van der Waals surface area contributed by atoms with Crippen molar-refractivity contribution in [2.75, 3.05) is 11.1 Å². The molecule has 21 heavy (non-hydrogen) atoms. The number of carboxylic acids is 1. The molecule has 0 aliphatic carbocycles. The third kappa shape index (κ3) is 4.71. The van der Waals surface area contributed by atoms with Gasteiger partial charge in [0.15, 0.2) is 0 Å². The van der Waals surface area contributed by atoms with Gasteiger partial charge in [-0.1, -0.05) is 11.6 Å². The van der Waals surface area contributed by atoms with Crippen molar-refractivity contribution in [3.63, 3.8) is 0 Å². The summed E-state index contributed by atoms with van der Waals surface area (Å²) in [7, 11) is 0. The molecule has 0 saturated heterocycles. The lowest BCUT2D eigenvalue weighted by molar-refractivity contribution is -0.138. The van der Waals surface area contributed by atoms with E-state index in [2.05, 4.69) is 10.6 Å². The van der Waals surface area contributed by atoms with E-state index < -0.39 is 17.9 Å². The number of carbonyl (C=O) groups is 2. The highest BCUT2D eigenvalue weighted by molar-refractivity contribution is 6.34. The predicted molar refractivity (Wildman–Crippen MR) is 78.4 cm³/mol. The Kier molecular flexibility index (Phi) is 5.57. The van der Waals surface area contributed by atoms with Crippen LogP contribution in [-0.2, 0) is 9.59 Å². The normalized spacial score (nSPS) is 12.1. The molecule has 1 unspecified atom stereocenters. The van der Waals surface area contributed by atoms with E-state index in [1.165, 1.54) is 19.1 Å². The quantitative estimate of drug-likeness (QED) is 0.369. The van der Waals surface area contributed by atoms with Gasteiger partial charge in [0.2, 0.25) is 0 Å². The number of benzene rings is 1. The van der Waals surface area contributed by atoms with Crippen LogP contribution in [0.3, 0.4) is 0 Å². The minimum absolute atomic E-state index is 0.229. The summed E-state index contributed by atoms with van der Waals surface area (Å²) < 4.78 is 0. The predicted octanol–water partition coefficient (Wildman–Crippen LogP) is 1.33. The lowest BCUT2D eigenvalue weighted by atomic mass is 10.2. The topological polar surface area (TPSA) is 128 Å². The van der Waals surface area contributed by atoms with Gasteiger partial charge in [0.25, 0.3) is 5.91 Å². The van der Waals surface area contributed by atoms with Crippen molar-refractivity contribution in [1.82, 2.24) is 5.32 Å². The van der Waals surface area contributed by atoms with E-state index in [0.717, 1.165) is 6.20 Å². The van der Waals surface area contributed by atoms with Gasteiger partial charge >= 0.3 is 5.97 Å². The second-order valence-electron chi connectivity index (χ2n) is 4.09. The third-order valence-electron chi connectivity index (χ3n) is 2.45. The number of nitrogen functional groups attached to an aromatic ring is 1. The number of anilines is 2. The Labute approximate surface area is 126 Å². The lowest BCUT2D eigenvalue weighted by Gasteiger charge is -2.09. The SMILES string of the molecule is CC(N/C=C(/C#N)C(=O)Nc1ccc(N)cc1Cl)C(=O)O. The molecule has 5 N–H and O–H groups in total. The van der Waals surface area contributed by atoms with Crippen LogP contribution in [0.5, 0.6) is 0 Å². The molecule has 110 valence electrons. The second kappa shape index (κ2) is 7.17. The Balaban J connectivity index is 2.83. The molecule has 0 saturated carbocycles. The number of nitriles is 1. The summed E-state index contributed by atoms with van der Waals surface area (Å²) in [4.78, 5) is 22.5. The number of hydrogen-bond donors (Lipinski definition) is 4. The van der Waals surface area contributed by atoms with Crippen molar-refractivity contribution in [3.8, 4) is 6.07 Å². The van der Waals surface area contributed by atoms with Gasteiger partial charge in [-0.15, -0.1) is 0 Å². The maximum atomic E-state index is 11.9. The van der Waals surface area contributed by atoms with Gasteiger partial charge in [-0.05, 0) is 25.1 Å². The van der Waals surface area contributed by atoms with Crippen molar-refractivity contribution < 1.29 is 14.7 Å². The van der Waals surface area contributed by atoms with E-state index in [9.17, 15) is 9.59 Å². The number of amides is 1. The highest BCUT2D eigenvalue weighted by Gasteiger charge is 2.13. The van der Waals surface area contributed by atoms with Crippen LogP contribution in [-0.4, -0.2) is 23.0 Å². The summed E-state index contributed by atoms with van der Waals surface area (Å²) >= 11 is 5.90. The van der Waals surface area contributed by atoms with E-state index in [1.807, 2.05) is 0 Å². The molecule has 1 atom stereocenters. The molecule has 1 aromatic rings. The molecule has 7 nitrogen and oxygen atoms in total. The molecule has 0 bridgehead atoms. The Morgan fingerprint density at radius 1 is 1.52 bits per heavy atom. The highest BCUT2D eigenvalue weighted by Crippen LogP contribution is 2.24. The Morgan fingerprint density at radius 3 is 2.71 bits per heavy atom. The number of halogens is 1. The molecule has 0 heterocycles. The van der Waals surface area contributed by atoms with Crippen LogP contribution in [0.25, 0.3) is 0 Å². The zero-order valence-corrected chi connectivity index (χ0v) is 11.8. The van der Waals surface area contributed by atoms with Gasteiger partial charge in [-0.25, -0.2) is 0 Å². The Bertz CT molecular complexity index is 637. The first-order valence-corrected chi connectivity index (χ1v) is 6.18. The third-order valence-corrected chi connectivity index (χ3v) is 2.77. The monoisotopic (exact) mass is 308 g/mol. The van der Waals surface area contributed by atoms with Crippen LogP contribution in [0.15, 0.2) is 30.0 Å². The van der Waals surface area contributed by atoms with E-state index in [0.29, 0.717) is 11.4 Å². The summed E-state index contributed by atoms with van der Waals surface area (Å²) in [5, 5.41) is 22.7. The summed E-state index contributed by atoms with van der Waals surface area (Å²) in [6.45, 7) is 1.38. The minimum Gasteiger partial charge on any atom is -0.480 e.